The summed E-state index contributed by atoms with van der Waals surface area (Å²) in [6, 6.07) is 0. The monoisotopic (exact) mass is 380 g/mol. The second-order valence-electron chi connectivity index (χ2n) is 5.51. The summed E-state index contributed by atoms with van der Waals surface area (Å²) in [5.74, 6) is 0. The zero-order chi connectivity index (χ0) is 17.9. The SMILES string of the molecule is O.O.OCC(O)C(O)C(O)C(O)C(O)[C@H]1O[C@H](CO)[C@@H](O)[C@H](O)[C@H]1O. The maximum absolute atomic E-state index is 9.98. The van der Waals surface area contributed by atoms with Gasteiger partial charge in [-0.1, -0.05) is 0 Å². The average Bonchev–Trinajstić information content (AvgIpc) is 2.56. The molecule has 10 atom stereocenters. The molecule has 0 radical (unpaired) electrons. The third-order valence-electron chi connectivity index (χ3n) is 3.90. The Morgan fingerprint density at radius 2 is 1.24 bits per heavy atom. The number of aliphatic hydroxyl groups is 10. The summed E-state index contributed by atoms with van der Waals surface area (Å²) in [4.78, 5) is 0. The highest BCUT2D eigenvalue weighted by Gasteiger charge is 2.49. The van der Waals surface area contributed by atoms with E-state index in [9.17, 15) is 40.9 Å². The van der Waals surface area contributed by atoms with E-state index in [4.69, 9.17) is 14.9 Å². The van der Waals surface area contributed by atoms with E-state index in [0.717, 1.165) is 0 Å². The summed E-state index contributed by atoms with van der Waals surface area (Å²) in [5, 5.41) is 94.9. The highest BCUT2D eigenvalue weighted by molar-refractivity contribution is 4.98. The van der Waals surface area contributed by atoms with Crippen molar-refractivity contribution >= 4 is 0 Å². The summed E-state index contributed by atoms with van der Waals surface area (Å²) >= 11 is 0. The molecule has 1 heterocycles. The van der Waals surface area contributed by atoms with E-state index < -0.39 is 74.3 Å². The van der Waals surface area contributed by atoms with Crippen molar-refractivity contribution < 1.29 is 66.8 Å². The van der Waals surface area contributed by atoms with Gasteiger partial charge >= 0.3 is 0 Å². The van der Waals surface area contributed by atoms with E-state index in [1.807, 2.05) is 0 Å². The van der Waals surface area contributed by atoms with Gasteiger partial charge in [-0.25, -0.2) is 0 Å². The van der Waals surface area contributed by atoms with E-state index in [2.05, 4.69) is 0 Å². The molecule has 13 heteroatoms. The van der Waals surface area contributed by atoms with E-state index in [1.165, 1.54) is 0 Å². The lowest BCUT2D eigenvalue weighted by Crippen LogP contribution is -2.64. The van der Waals surface area contributed by atoms with Crippen molar-refractivity contribution in [1.82, 2.24) is 0 Å². The first kappa shape index (κ1) is 26.7. The van der Waals surface area contributed by atoms with Crippen molar-refractivity contribution in [2.45, 2.75) is 61.0 Å². The molecule has 1 fully saturated rings. The number of ether oxygens (including phenoxy) is 1. The van der Waals surface area contributed by atoms with E-state index in [0.29, 0.717) is 0 Å². The molecule has 154 valence electrons. The normalized spacial score (nSPS) is 35.5. The van der Waals surface area contributed by atoms with Gasteiger partial charge in [-0.15, -0.1) is 0 Å². The molecular formula is C12H28O13. The number of hydrogen-bond donors (Lipinski definition) is 10. The minimum atomic E-state index is -2.13. The van der Waals surface area contributed by atoms with Crippen LogP contribution in [0.5, 0.6) is 0 Å². The maximum Gasteiger partial charge on any atom is 0.115 e. The average molecular weight is 380 g/mol. The highest BCUT2D eigenvalue weighted by Crippen LogP contribution is 2.25. The molecule has 25 heavy (non-hydrogen) atoms. The topological polar surface area (TPSA) is 275 Å². The van der Waals surface area contributed by atoms with Crippen LogP contribution < -0.4 is 0 Å². The Labute approximate surface area is 142 Å². The molecule has 1 saturated heterocycles. The van der Waals surface area contributed by atoms with Gasteiger partial charge in [0.05, 0.1) is 13.2 Å². The summed E-state index contributed by atoms with van der Waals surface area (Å²) in [6.45, 7) is -1.67. The van der Waals surface area contributed by atoms with Crippen LogP contribution in [0.15, 0.2) is 0 Å². The minimum absolute atomic E-state index is 0. The van der Waals surface area contributed by atoms with Crippen LogP contribution in [0.25, 0.3) is 0 Å². The molecule has 5 unspecified atom stereocenters. The lowest BCUT2D eigenvalue weighted by Gasteiger charge is -2.43. The Morgan fingerprint density at radius 3 is 1.68 bits per heavy atom. The van der Waals surface area contributed by atoms with Crippen LogP contribution >= 0.6 is 0 Å². The van der Waals surface area contributed by atoms with Crippen LogP contribution in [0.1, 0.15) is 0 Å². The quantitative estimate of drug-likeness (QED) is 0.198. The molecule has 0 saturated carbocycles. The Hall–Kier alpha value is -0.520. The van der Waals surface area contributed by atoms with E-state index >= 15 is 0 Å². The second kappa shape index (κ2) is 11.2. The first-order valence-corrected chi connectivity index (χ1v) is 6.99. The summed E-state index contributed by atoms with van der Waals surface area (Å²) in [7, 11) is 0. The van der Waals surface area contributed by atoms with Crippen LogP contribution in [0, 0.1) is 0 Å². The van der Waals surface area contributed by atoms with Crippen LogP contribution in [-0.2, 0) is 4.74 Å². The Balaban J connectivity index is 0. The summed E-state index contributed by atoms with van der Waals surface area (Å²) in [6.07, 6.45) is -18.4. The minimum Gasteiger partial charge on any atom is -0.412 e. The van der Waals surface area contributed by atoms with E-state index in [1.54, 1.807) is 0 Å². The van der Waals surface area contributed by atoms with Crippen molar-refractivity contribution in [2.24, 2.45) is 0 Å². The fourth-order valence-electron chi connectivity index (χ4n) is 2.35. The van der Waals surface area contributed by atoms with Gasteiger partial charge < -0.3 is 66.8 Å². The molecule has 0 bridgehead atoms. The predicted octanol–water partition coefficient (Wildman–Crippen LogP) is -8.02. The maximum atomic E-state index is 9.98. The van der Waals surface area contributed by atoms with Gasteiger partial charge in [0, 0.05) is 0 Å². The molecule has 1 rings (SSSR count). The molecule has 1 aliphatic rings. The van der Waals surface area contributed by atoms with Crippen molar-refractivity contribution in [3.8, 4) is 0 Å². The fourth-order valence-corrected chi connectivity index (χ4v) is 2.35. The van der Waals surface area contributed by atoms with Crippen LogP contribution in [0.2, 0.25) is 0 Å². The number of hydrogen-bond acceptors (Lipinski definition) is 11. The molecule has 0 aromatic rings. The molecule has 0 aliphatic carbocycles. The van der Waals surface area contributed by atoms with Gasteiger partial charge in [0.15, 0.2) is 0 Å². The Kier molecular flexibility index (Phi) is 12.0. The standard InChI is InChI=1S/C12H24O11.2H2O/c13-1-3(15)5(16)7(18)9(20)11(22)12-10(21)8(19)6(17)4(2-14)23-12;;/h3-22H,1-2H2;2*1H2/t3?,4-,5?,6-,7?,8+,9?,10-,11?,12+;;/m1../s1. The lowest BCUT2D eigenvalue weighted by atomic mass is 9.88. The number of aliphatic hydroxyl groups excluding tert-OH is 10. The van der Waals surface area contributed by atoms with E-state index in [-0.39, 0.29) is 11.0 Å². The molecular weight excluding hydrogens is 352 g/mol. The van der Waals surface area contributed by atoms with Crippen molar-refractivity contribution in [3.05, 3.63) is 0 Å². The Morgan fingerprint density at radius 1 is 0.720 bits per heavy atom. The van der Waals surface area contributed by atoms with Crippen molar-refractivity contribution in [3.63, 3.8) is 0 Å². The zero-order valence-electron chi connectivity index (χ0n) is 13.1. The van der Waals surface area contributed by atoms with Gasteiger partial charge in [-0.05, 0) is 0 Å². The second-order valence-corrected chi connectivity index (χ2v) is 5.51. The number of rotatable bonds is 7. The highest BCUT2D eigenvalue weighted by atomic mass is 16.6. The molecule has 0 aromatic carbocycles. The van der Waals surface area contributed by atoms with Crippen LogP contribution in [0.3, 0.4) is 0 Å². The summed E-state index contributed by atoms with van der Waals surface area (Å²) in [5.41, 5.74) is 0. The Bertz CT molecular complexity index is 356. The predicted molar refractivity (Wildman–Crippen MR) is 78.1 cm³/mol. The molecule has 0 aromatic heterocycles. The van der Waals surface area contributed by atoms with Crippen LogP contribution in [-0.4, -0.2) is 136 Å². The third-order valence-corrected chi connectivity index (χ3v) is 3.90. The van der Waals surface area contributed by atoms with Crippen molar-refractivity contribution in [1.29, 1.82) is 0 Å². The molecule has 0 amide bonds. The summed E-state index contributed by atoms with van der Waals surface area (Å²) < 4.78 is 5.01. The van der Waals surface area contributed by atoms with Gasteiger partial charge in [-0.2, -0.15) is 0 Å². The van der Waals surface area contributed by atoms with Crippen LogP contribution in [0.4, 0.5) is 0 Å². The van der Waals surface area contributed by atoms with Gasteiger partial charge in [0.1, 0.15) is 61.0 Å². The molecule has 1 aliphatic heterocycles. The zero-order valence-corrected chi connectivity index (χ0v) is 13.1. The molecule has 13 nitrogen and oxygen atoms in total. The largest absolute Gasteiger partial charge is 0.412 e. The van der Waals surface area contributed by atoms with Gasteiger partial charge in [0.2, 0.25) is 0 Å². The van der Waals surface area contributed by atoms with Gasteiger partial charge in [0.25, 0.3) is 0 Å². The lowest BCUT2D eigenvalue weighted by molar-refractivity contribution is -0.264. The molecule has 0 spiro atoms. The fraction of sp³-hybridized carbons (Fsp3) is 1.00. The smallest absolute Gasteiger partial charge is 0.115 e. The third kappa shape index (κ3) is 5.73. The van der Waals surface area contributed by atoms with Crippen molar-refractivity contribution in [2.75, 3.05) is 13.2 Å². The van der Waals surface area contributed by atoms with Gasteiger partial charge in [-0.3, -0.25) is 0 Å². The first-order chi connectivity index (χ1) is 10.7. The first-order valence-electron chi connectivity index (χ1n) is 6.99. The molecule has 14 N–H and O–H groups in total.